The van der Waals surface area contributed by atoms with Gasteiger partial charge in [-0.15, -0.1) is 5.10 Å². The van der Waals surface area contributed by atoms with E-state index in [1.807, 2.05) is 30.3 Å². The fraction of sp³-hybridized carbons (Fsp3) is 0.176. The van der Waals surface area contributed by atoms with E-state index >= 15 is 0 Å². The van der Waals surface area contributed by atoms with Crippen molar-refractivity contribution in [2.75, 3.05) is 0 Å². The van der Waals surface area contributed by atoms with Gasteiger partial charge in [-0.1, -0.05) is 41.6 Å². The van der Waals surface area contributed by atoms with Crippen LogP contribution in [-0.4, -0.2) is 20.1 Å². The zero-order valence-corrected chi connectivity index (χ0v) is 12.4. The fourth-order valence-electron chi connectivity index (χ4n) is 2.23. The van der Waals surface area contributed by atoms with E-state index in [2.05, 4.69) is 10.3 Å². The minimum absolute atomic E-state index is 0.196. The van der Waals surface area contributed by atoms with Crippen LogP contribution in [0.4, 0.5) is 4.39 Å². The number of nitrogens with zero attached hydrogens (tertiary/aromatic N) is 3. The molecular weight excluding hydrogens is 297 g/mol. The van der Waals surface area contributed by atoms with Gasteiger partial charge in [-0.25, -0.2) is 9.07 Å². The molecule has 0 aliphatic heterocycles. The van der Waals surface area contributed by atoms with Crippen LogP contribution in [0, 0.1) is 5.82 Å². The lowest BCUT2D eigenvalue weighted by atomic mass is 10.2. The highest BCUT2D eigenvalue weighted by atomic mass is 19.1. The molecule has 2 aromatic carbocycles. The van der Waals surface area contributed by atoms with Crippen molar-refractivity contribution in [1.82, 2.24) is 15.0 Å². The number of hydrogen-bond acceptors (Lipinski definition) is 4. The zero-order valence-electron chi connectivity index (χ0n) is 12.4. The number of ether oxygens (including phenoxy) is 1. The lowest BCUT2D eigenvalue weighted by Crippen LogP contribution is -2.11. The van der Waals surface area contributed by atoms with Crippen LogP contribution in [0.3, 0.4) is 0 Å². The van der Waals surface area contributed by atoms with Gasteiger partial charge >= 0.3 is 0 Å². The maximum atomic E-state index is 13.8. The van der Waals surface area contributed by atoms with E-state index in [-0.39, 0.29) is 25.6 Å². The SMILES string of the molecule is OCc1nnn(Cc2ccccc2F)c1COc1ccccc1. The van der Waals surface area contributed by atoms with Gasteiger partial charge in [0.05, 0.1) is 13.2 Å². The standard InChI is InChI=1S/C17H16FN3O2/c18-15-9-5-4-6-13(15)10-21-17(16(11-22)19-20-21)12-23-14-7-2-1-3-8-14/h1-9,22H,10-12H2. The molecule has 0 saturated heterocycles. The van der Waals surface area contributed by atoms with E-state index in [1.54, 1.807) is 22.9 Å². The lowest BCUT2D eigenvalue weighted by Gasteiger charge is -2.10. The number of rotatable bonds is 6. The van der Waals surface area contributed by atoms with Crippen molar-refractivity contribution in [3.8, 4) is 5.75 Å². The van der Waals surface area contributed by atoms with Gasteiger partial charge in [0.15, 0.2) is 0 Å². The molecular formula is C17H16FN3O2. The molecule has 3 rings (SSSR count). The first-order chi connectivity index (χ1) is 11.3. The molecule has 1 N–H and O–H groups in total. The van der Waals surface area contributed by atoms with Crippen molar-refractivity contribution in [3.05, 3.63) is 77.4 Å². The molecule has 0 bridgehead atoms. The molecule has 0 saturated carbocycles. The number of aliphatic hydroxyl groups excluding tert-OH is 1. The fourth-order valence-corrected chi connectivity index (χ4v) is 2.23. The quantitative estimate of drug-likeness (QED) is 0.760. The third kappa shape index (κ3) is 3.54. The van der Waals surface area contributed by atoms with Gasteiger partial charge in [-0.05, 0) is 18.2 Å². The van der Waals surface area contributed by atoms with E-state index < -0.39 is 0 Å². The highest BCUT2D eigenvalue weighted by Crippen LogP contribution is 2.15. The number of aromatic nitrogens is 3. The Morgan fingerprint density at radius 2 is 1.78 bits per heavy atom. The van der Waals surface area contributed by atoms with Crippen LogP contribution in [0.15, 0.2) is 54.6 Å². The van der Waals surface area contributed by atoms with E-state index in [1.165, 1.54) is 6.07 Å². The minimum Gasteiger partial charge on any atom is -0.487 e. The van der Waals surface area contributed by atoms with Gasteiger partial charge in [-0.2, -0.15) is 0 Å². The average Bonchev–Trinajstić information content (AvgIpc) is 2.98. The molecule has 5 nitrogen and oxygen atoms in total. The van der Waals surface area contributed by atoms with Crippen LogP contribution in [0.25, 0.3) is 0 Å². The summed E-state index contributed by atoms with van der Waals surface area (Å²) in [7, 11) is 0. The summed E-state index contributed by atoms with van der Waals surface area (Å²) in [6.45, 7) is 0.180. The van der Waals surface area contributed by atoms with Gasteiger partial charge in [-0.3, -0.25) is 0 Å². The second-order valence-electron chi connectivity index (χ2n) is 4.99. The normalized spacial score (nSPS) is 10.7. The number of hydrogen-bond donors (Lipinski definition) is 1. The summed E-state index contributed by atoms with van der Waals surface area (Å²) in [5.74, 6) is 0.401. The van der Waals surface area contributed by atoms with Crippen molar-refractivity contribution < 1.29 is 14.2 Å². The van der Waals surface area contributed by atoms with E-state index in [9.17, 15) is 9.50 Å². The summed E-state index contributed by atoms with van der Waals surface area (Å²) in [6.07, 6.45) is 0. The highest BCUT2D eigenvalue weighted by Gasteiger charge is 2.14. The third-order valence-corrected chi connectivity index (χ3v) is 3.46. The van der Waals surface area contributed by atoms with E-state index in [0.717, 1.165) is 0 Å². The Morgan fingerprint density at radius 3 is 2.52 bits per heavy atom. The molecule has 0 spiro atoms. The molecule has 0 radical (unpaired) electrons. The Hall–Kier alpha value is -2.73. The largest absolute Gasteiger partial charge is 0.487 e. The monoisotopic (exact) mass is 313 g/mol. The summed E-state index contributed by atoms with van der Waals surface area (Å²) in [6, 6.07) is 15.8. The Balaban J connectivity index is 1.81. The summed E-state index contributed by atoms with van der Waals surface area (Å²) < 4.78 is 21.0. The van der Waals surface area contributed by atoms with Crippen molar-refractivity contribution >= 4 is 0 Å². The first kappa shape index (κ1) is 15.2. The molecule has 0 fully saturated rings. The molecule has 3 aromatic rings. The Morgan fingerprint density at radius 1 is 1.04 bits per heavy atom. The van der Waals surface area contributed by atoms with Crippen LogP contribution in [0.1, 0.15) is 17.0 Å². The van der Waals surface area contributed by atoms with Gasteiger partial charge < -0.3 is 9.84 Å². The Kier molecular flexibility index (Phi) is 4.63. The molecule has 23 heavy (non-hydrogen) atoms. The Labute approximate surface area is 133 Å². The van der Waals surface area contributed by atoms with Gasteiger partial charge in [0.25, 0.3) is 0 Å². The smallest absolute Gasteiger partial charge is 0.132 e. The van der Waals surface area contributed by atoms with Crippen LogP contribution in [0.5, 0.6) is 5.75 Å². The molecule has 0 aliphatic rings. The van der Waals surface area contributed by atoms with Crippen LogP contribution in [-0.2, 0) is 19.8 Å². The van der Waals surface area contributed by atoms with Crippen LogP contribution >= 0.6 is 0 Å². The first-order valence-corrected chi connectivity index (χ1v) is 7.21. The second kappa shape index (κ2) is 7.02. The minimum atomic E-state index is -0.302. The number of para-hydroxylation sites is 1. The first-order valence-electron chi connectivity index (χ1n) is 7.21. The van der Waals surface area contributed by atoms with Crippen LogP contribution in [0.2, 0.25) is 0 Å². The molecule has 0 unspecified atom stereocenters. The van der Waals surface area contributed by atoms with Crippen molar-refractivity contribution in [2.45, 2.75) is 19.8 Å². The summed E-state index contributed by atoms with van der Waals surface area (Å²) in [5, 5.41) is 17.3. The topological polar surface area (TPSA) is 60.2 Å². The van der Waals surface area contributed by atoms with E-state index in [4.69, 9.17) is 4.74 Å². The van der Waals surface area contributed by atoms with Crippen LogP contribution < -0.4 is 4.74 Å². The summed E-state index contributed by atoms with van der Waals surface area (Å²) >= 11 is 0. The molecule has 1 aromatic heterocycles. The molecule has 6 heteroatoms. The number of benzene rings is 2. The van der Waals surface area contributed by atoms with Crippen molar-refractivity contribution in [1.29, 1.82) is 0 Å². The Bertz CT molecular complexity index is 775. The number of aliphatic hydroxyl groups is 1. The van der Waals surface area contributed by atoms with Gasteiger partial charge in [0, 0.05) is 5.56 Å². The van der Waals surface area contributed by atoms with Crippen molar-refractivity contribution in [3.63, 3.8) is 0 Å². The predicted octanol–water partition coefficient (Wildman–Crippen LogP) is 2.54. The maximum Gasteiger partial charge on any atom is 0.132 e. The van der Waals surface area contributed by atoms with Gasteiger partial charge in [0.1, 0.15) is 29.6 Å². The number of halogens is 1. The summed E-state index contributed by atoms with van der Waals surface area (Å²) in [5.41, 5.74) is 1.56. The molecule has 118 valence electrons. The zero-order chi connectivity index (χ0) is 16.1. The molecule has 0 aliphatic carbocycles. The second-order valence-corrected chi connectivity index (χ2v) is 4.99. The summed E-state index contributed by atoms with van der Waals surface area (Å²) in [4.78, 5) is 0. The molecule has 0 atom stereocenters. The molecule has 1 heterocycles. The maximum absolute atomic E-state index is 13.8. The predicted molar refractivity (Wildman–Crippen MR) is 82.2 cm³/mol. The van der Waals surface area contributed by atoms with Crippen molar-refractivity contribution in [2.24, 2.45) is 0 Å². The molecule has 0 amide bonds. The lowest BCUT2D eigenvalue weighted by molar-refractivity contribution is 0.262. The van der Waals surface area contributed by atoms with E-state index in [0.29, 0.717) is 22.7 Å². The highest BCUT2D eigenvalue weighted by molar-refractivity contribution is 5.22. The average molecular weight is 313 g/mol. The van der Waals surface area contributed by atoms with Gasteiger partial charge in [0.2, 0.25) is 0 Å². The third-order valence-electron chi connectivity index (χ3n) is 3.46.